The van der Waals surface area contributed by atoms with Gasteiger partial charge in [0.2, 0.25) is 5.88 Å². The molecule has 0 aliphatic heterocycles. The normalized spacial score (nSPS) is 19.4. The number of hydrogen-bond donors (Lipinski definition) is 1. The molecule has 9 nitrogen and oxygen atoms in total. The highest BCUT2D eigenvalue weighted by atomic mass is 16.5. The van der Waals surface area contributed by atoms with Gasteiger partial charge in [-0.05, 0) is 49.2 Å². The van der Waals surface area contributed by atoms with Crippen molar-refractivity contribution in [2.75, 3.05) is 12.8 Å². The van der Waals surface area contributed by atoms with Gasteiger partial charge in [0.05, 0.1) is 59.7 Å². The zero-order chi connectivity index (χ0) is 23.0. The van der Waals surface area contributed by atoms with E-state index in [2.05, 4.69) is 22.1 Å². The van der Waals surface area contributed by atoms with Gasteiger partial charge in [-0.25, -0.2) is 9.97 Å². The molecule has 1 aliphatic carbocycles. The van der Waals surface area contributed by atoms with Crippen LogP contribution in [0, 0.1) is 28.6 Å². The van der Waals surface area contributed by atoms with Gasteiger partial charge in [-0.3, -0.25) is 9.67 Å². The quantitative estimate of drug-likeness (QED) is 0.499. The van der Waals surface area contributed by atoms with E-state index in [4.69, 9.17) is 20.6 Å². The van der Waals surface area contributed by atoms with Gasteiger partial charge in [0, 0.05) is 17.8 Å². The zero-order valence-electron chi connectivity index (χ0n) is 17.9. The molecule has 0 radical (unpaired) electrons. The first kappa shape index (κ1) is 20.4. The first-order valence-corrected chi connectivity index (χ1v) is 10.5. The molecule has 0 saturated heterocycles. The van der Waals surface area contributed by atoms with E-state index < -0.39 is 5.54 Å². The van der Waals surface area contributed by atoms with Crippen molar-refractivity contribution in [3.05, 3.63) is 48.8 Å². The van der Waals surface area contributed by atoms with Crippen LogP contribution >= 0.6 is 0 Å². The van der Waals surface area contributed by atoms with Crippen LogP contribution in [0.15, 0.2) is 48.8 Å². The third-order valence-corrected chi connectivity index (χ3v) is 6.11. The molecule has 0 spiro atoms. The van der Waals surface area contributed by atoms with Crippen molar-refractivity contribution >= 4 is 16.6 Å². The van der Waals surface area contributed by atoms with Crippen LogP contribution in [0.25, 0.3) is 33.7 Å². The number of rotatable bonds is 5. The molecule has 4 aromatic heterocycles. The van der Waals surface area contributed by atoms with Crippen LogP contribution < -0.4 is 10.5 Å². The minimum atomic E-state index is -0.453. The molecule has 4 aromatic rings. The number of nitriles is 2. The topological polar surface area (TPSA) is 139 Å². The summed E-state index contributed by atoms with van der Waals surface area (Å²) in [5, 5.41) is 24.2. The molecule has 33 heavy (non-hydrogen) atoms. The van der Waals surface area contributed by atoms with Gasteiger partial charge >= 0.3 is 0 Å². The Kier molecular flexibility index (Phi) is 4.87. The van der Waals surface area contributed by atoms with Crippen molar-refractivity contribution in [1.29, 1.82) is 10.5 Å². The van der Waals surface area contributed by atoms with Gasteiger partial charge in [-0.1, -0.05) is 0 Å². The average molecular weight is 436 g/mol. The summed E-state index contributed by atoms with van der Waals surface area (Å²) in [7, 11) is 1.52. The van der Waals surface area contributed by atoms with Gasteiger partial charge in [0.25, 0.3) is 0 Å². The summed E-state index contributed by atoms with van der Waals surface area (Å²) in [4.78, 5) is 13.9. The fourth-order valence-electron chi connectivity index (χ4n) is 4.38. The summed E-state index contributed by atoms with van der Waals surface area (Å²) < 4.78 is 7.09. The Bertz CT molecular complexity index is 1440. The van der Waals surface area contributed by atoms with Crippen LogP contribution in [0.1, 0.15) is 19.3 Å². The summed E-state index contributed by atoms with van der Waals surface area (Å²) in [6.45, 7) is 0. The summed E-state index contributed by atoms with van der Waals surface area (Å²) in [5.74, 6) is 0.278. The van der Waals surface area contributed by atoms with E-state index in [-0.39, 0.29) is 5.92 Å². The summed E-state index contributed by atoms with van der Waals surface area (Å²) >= 11 is 0. The maximum Gasteiger partial charge on any atom is 0.237 e. The smallest absolute Gasteiger partial charge is 0.237 e. The Morgan fingerprint density at radius 1 is 1.15 bits per heavy atom. The maximum absolute atomic E-state index is 9.36. The average Bonchev–Trinajstić information content (AvgIpc) is 3.31. The van der Waals surface area contributed by atoms with Gasteiger partial charge < -0.3 is 10.5 Å². The first-order chi connectivity index (χ1) is 16.1. The number of nitrogen functional groups attached to an aromatic ring is 1. The molecule has 1 fully saturated rings. The molecule has 0 unspecified atom stereocenters. The van der Waals surface area contributed by atoms with Gasteiger partial charge in [0.15, 0.2) is 0 Å². The lowest BCUT2D eigenvalue weighted by Gasteiger charge is -2.43. The Balaban J connectivity index is 1.62. The number of nitrogens with zero attached hydrogens (tertiary/aromatic N) is 7. The number of hydrogen-bond acceptors (Lipinski definition) is 8. The van der Waals surface area contributed by atoms with E-state index in [1.165, 1.54) is 7.11 Å². The predicted octanol–water partition coefficient (Wildman–Crippen LogP) is 3.69. The standard InChI is InChI=1S/C24H20N8O/c1-33-23-17(27)4-5-18(30-23)21-11-20-16(3-2-9-28-20)22(29-21)19-6-10-32(31-19)24(7-8-25)12-15(13-24)14-26/h2-6,9-11,15H,7,12-13,27H2,1H3/t15-,24+. The lowest BCUT2D eigenvalue weighted by Crippen LogP contribution is -2.46. The van der Waals surface area contributed by atoms with Gasteiger partial charge in [-0.15, -0.1) is 0 Å². The fourth-order valence-corrected chi connectivity index (χ4v) is 4.38. The van der Waals surface area contributed by atoms with Crippen LogP contribution in [0.3, 0.4) is 0 Å². The number of ether oxygens (including phenoxy) is 1. The third-order valence-electron chi connectivity index (χ3n) is 6.11. The number of aromatic nitrogens is 5. The monoisotopic (exact) mass is 436 g/mol. The van der Waals surface area contributed by atoms with Crippen molar-refractivity contribution in [3.63, 3.8) is 0 Å². The first-order valence-electron chi connectivity index (χ1n) is 10.5. The third kappa shape index (κ3) is 3.40. The second-order valence-corrected chi connectivity index (χ2v) is 8.16. The van der Waals surface area contributed by atoms with E-state index >= 15 is 0 Å². The number of nitrogens with two attached hydrogens (primary N) is 1. The van der Waals surface area contributed by atoms with Crippen LogP contribution in [-0.4, -0.2) is 31.8 Å². The summed E-state index contributed by atoms with van der Waals surface area (Å²) in [6, 6.07) is 15.6. The molecule has 0 aromatic carbocycles. The number of methoxy groups -OCH3 is 1. The molecule has 5 rings (SSSR count). The molecular weight excluding hydrogens is 416 g/mol. The Labute approximate surface area is 190 Å². The van der Waals surface area contributed by atoms with E-state index in [0.29, 0.717) is 53.6 Å². The van der Waals surface area contributed by atoms with E-state index in [0.717, 1.165) is 10.9 Å². The second kappa shape index (κ2) is 7.88. The predicted molar refractivity (Wildman–Crippen MR) is 121 cm³/mol. The van der Waals surface area contributed by atoms with Crippen molar-refractivity contribution in [2.45, 2.75) is 24.8 Å². The largest absolute Gasteiger partial charge is 0.480 e. The Hall–Kier alpha value is -4.50. The lowest BCUT2D eigenvalue weighted by atomic mass is 9.67. The van der Waals surface area contributed by atoms with Crippen LogP contribution in [-0.2, 0) is 5.54 Å². The summed E-state index contributed by atoms with van der Waals surface area (Å²) in [5.41, 5.74) is 9.21. The van der Waals surface area contributed by atoms with Crippen LogP contribution in [0.2, 0.25) is 0 Å². The van der Waals surface area contributed by atoms with E-state index in [9.17, 15) is 10.5 Å². The molecular formula is C24H20N8O. The van der Waals surface area contributed by atoms with E-state index in [1.807, 2.05) is 35.1 Å². The van der Waals surface area contributed by atoms with Gasteiger partial charge in [0.1, 0.15) is 11.4 Å². The van der Waals surface area contributed by atoms with Crippen molar-refractivity contribution in [3.8, 4) is 40.8 Å². The van der Waals surface area contributed by atoms with Crippen LogP contribution in [0.5, 0.6) is 5.88 Å². The Morgan fingerprint density at radius 2 is 2.00 bits per heavy atom. The molecule has 0 atom stereocenters. The number of pyridine rings is 3. The lowest BCUT2D eigenvalue weighted by molar-refractivity contribution is 0.0884. The molecule has 4 heterocycles. The fraction of sp³-hybridized carbons (Fsp3) is 0.250. The molecule has 1 saturated carbocycles. The van der Waals surface area contributed by atoms with Crippen LogP contribution in [0.4, 0.5) is 5.69 Å². The molecule has 162 valence electrons. The van der Waals surface area contributed by atoms with Crippen molar-refractivity contribution in [2.24, 2.45) is 5.92 Å². The van der Waals surface area contributed by atoms with Gasteiger partial charge in [-0.2, -0.15) is 15.6 Å². The minimum Gasteiger partial charge on any atom is -0.480 e. The highest BCUT2D eigenvalue weighted by Gasteiger charge is 2.46. The molecule has 2 N–H and O–H groups in total. The van der Waals surface area contributed by atoms with Crippen molar-refractivity contribution < 1.29 is 4.74 Å². The minimum absolute atomic E-state index is 0.0518. The zero-order valence-corrected chi connectivity index (χ0v) is 17.9. The maximum atomic E-state index is 9.36. The highest BCUT2D eigenvalue weighted by molar-refractivity contribution is 5.93. The molecule has 0 bridgehead atoms. The molecule has 0 amide bonds. The van der Waals surface area contributed by atoms with Crippen molar-refractivity contribution in [1.82, 2.24) is 24.7 Å². The highest BCUT2D eigenvalue weighted by Crippen LogP contribution is 2.46. The number of anilines is 1. The molecule has 1 aliphatic rings. The molecule has 9 heteroatoms. The summed E-state index contributed by atoms with van der Waals surface area (Å²) in [6.07, 6.45) is 5.12. The van der Waals surface area contributed by atoms with E-state index in [1.54, 1.807) is 18.3 Å². The number of fused-ring (bicyclic) bond motifs is 1. The second-order valence-electron chi connectivity index (χ2n) is 8.16. The Morgan fingerprint density at radius 3 is 2.76 bits per heavy atom. The SMILES string of the molecule is COc1nc(-c2cc3ncccc3c(-c3ccn([C@]4(CC#N)C[C@H](C#N)C4)n3)n2)ccc1N.